The summed E-state index contributed by atoms with van der Waals surface area (Å²) in [6, 6.07) is 52.4. The lowest BCUT2D eigenvalue weighted by atomic mass is 9.60. The van der Waals surface area contributed by atoms with Crippen LogP contribution >= 0.6 is 0 Å². The Kier molecular flexibility index (Phi) is 34.3. The minimum Gasteiger partial charge on any atom is -0.412 e. The topological polar surface area (TPSA) is 181 Å². The number of benzene rings is 5. The molecule has 7 rings (SSSR count). The zero-order valence-corrected chi connectivity index (χ0v) is 59.4. The summed E-state index contributed by atoms with van der Waals surface area (Å²) in [6.45, 7) is 28.6. The molecule has 8 amide bonds. The number of urea groups is 3. The number of hydrogen-bond acceptors (Lipinski definition) is 6. The number of nitrogens with one attached hydrogen (secondary N) is 4. The van der Waals surface area contributed by atoms with Crippen LogP contribution in [0.5, 0.6) is 0 Å². The average molecular weight is 1300 g/mol. The number of rotatable bonds is 30. The fourth-order valence-corrected chi connectivity index (χ4v) is 14.2. The molecule has 2 saturated carbocycles. The molecule has 2 aliphatic carbocycles. The van der Waals surface area contributed by atoms with E-state index in [0.29, 0.717) is 90.5 Å². The van der Waals surface area contributed by atoms with Gasteiger partial charge >= 0.3 is 18.1 Å². The Morgan fingerprint density at radius 2 is 0.916 bits per heavy atom. The highest BCUT2D eigenvalue weighted by Crippen LogP contribution is 2.50. The van der Waals surface area contributed by atoms with E-state index in [0.717, 1.165) is 73.9 Å². The molecule has 0 aliphatic heterocycles. The fourth-order valence-electron chi connectivity index (χ4n) is 14.2. The number of carbonyl (C=O) groups excluding carboxylic acids is 5. The van der Waals surface area contributed by atoms with Crippen molar-refractivity contribution in [3.05, 3.63) is 217 Å². The molecule has 0 aromatic heterocycles. The van der Waals surface area contributed by atoms with E-state index in [1.54, 1.807) is 22.0 Å². The zero-order valence-electron chi connectivity index (χ0n) is 59.4. The minimum absolute atomic E-state index is 0. The van der Waals surface area contributed by atoms with E-state index in [2.05, 4.69) is 143 Å². The lowest BCUT2D eigenvalue weighted by molar-refractivity contribution is -0.132. The molecule has 2 aliphatic rings. The number of carbonyl (C=O) groups is 5. The van der Waals surface area contributed by atoms with Crippen molar-refractivity contribution in [1.29, 1.82) is 0 Å². The molecule has 4 unspecified atom stereocenters. The fraction of sp³-hybridized carbons (Fsp3) is 0.487. The Morgan fingerprint density at radius 1 is 0.484 bits per heavy atom. The maximum atomic E-state index is 13.7. The van der Waals surface area contributed by atoms with Crippen LogP contribution in [0.3, 0.4) is 0 Å². The van der Waals surface area contributed by atoms with Crippen molar-refractivity contribution in [2.75, 3.05) is 74.0 Å². The summed E-state index contributed by atoms with van der Waals surface area (Å²) in [7, 11) is 7.72. The van der Waals surface area contributed by atoms with E-state index in [4.69, 9.17) is 0 Å². The maximum Gasteiger partial charge on any atom is 0.318 e. The lowest BCUT2D eigenvalue weighted by Crippen LogP contribution is -2.47. The number of amides is 8. The second-order valence-corrected chi connectivity index (χ2v) is 28.9. The van der Waals surface area contributed by atoms with Crippen LogP contribution in [0.4, 0.5) is 14.4 Å². The standard InChI is InChI=1S/C41H58N4O3.C33H51N5O2.C6H6.H2O/c1-8-17-33(9-2)22-23-37(46)43(6)24-16-25-44(7)38(47)26-36-27-40(3,4)31-41(5,28-36)32-42-39(48)45(29-34-18-12-10-13-19-34)30-35-20-14-11-15-21-35;1-32(2)21-29(17-20-37(4)24-28-15-10-7-11-16-28)22-33(3,25-32)26-36-31(40)38(5)19-12-18-34-30(39)35-23-27-13-8-6-9-14-27;1-2-4-6-5-3-1;/h8-15,17-21,36H,1-2,16,22-32H2,3-7H3,(H,42,48);6-11,13-16,29H,12,17-26H2,1-5H3,(H,36,40)(H2,34,35,39);1-6H;1H2/b33-17+;;;. The highest BCUT2D eigenvalue weighted by molar-refractivity contribution is 5.77. The molecule has 5 aromatic carbocycles. The molecule has 95 heavy (non-hydrogen) atoms. The van der Waals surface area contributed by atoms with E-state index in [-0.39, 0.29) is 63.0 Å². The normalized spacial score (nSPS) is 18.5. The first kappa shape index (κ1) is 79.4. The molecular formula is C80H117N9O6. The SMILES string of the molecule is C=C/C=C(\C=C)CCC(=O)N(C)CCCN(C)C(=O)CC1CC(C)(C)CC(C)(CNC(=O)N(Cc2ccccc2)Cc2ccccc2)C1.CN(CCC1CC(C)(C)CC(C)(CNC(=O)N(C)CCCNC(=O)NCc2ccccc2)C1)Cc1ccccc1.O.c1ccccc1. The van der Waals surface area contributed by atoms with Crippen LogP contribution < -0.4 is 21.3 Å². The van der Waals surface area contributed by atoms with Gasteiger partial charge in [-0.25, -0.2) is 14.4 Å². The van der Waals surface area contributed by atoms with Crippen LogP contribution in [0.15, 0.2) is 195 Å². The van der Waals surface area contributed by atoms with Crippen LogP contribution in [0, 0.1) is 33.5 Å². The molecule has 0 saturated heterocycles. The lowest BCUT2D eigenvalue weighted by Gasteiger charge is -2.47. The Bertz CT molecular complexity index is 3010. The molecule has 0 heterocycles. The average Bonchev–Trinajstić information content (AvgIpc) is 0.808. The van der Waals surface area contributed by atoms with Gasteiger partial charge in [0, 0.05) is 99.4 Å². The van der Waals surface area contributed by atoms with Crippen molar-refractivity contribution in [3.8, 4) is 0 Å². The Balaban J connectivity index is 0.000000371. The Hall–Kier alpha value is -8.01. The van der Waals surface area contributed by atoms with Gasteiger partial charge in [-0.2, -0.15) is 0 Å². The van der Waals surface area contributed by atoms with Gasteiger partial charge in [-0.15, -0.1) is 0 Å². The third-order valence-corrected chi connectivity index (χ3v) is 18.1. The third-order valence-electron chi connectivity index (χ3n) is 18.1. The highest BCUT2D eigenvalue weighted by Gasteiger charge is 2.43. The number of nitrogens with zero attached hydrogens (tertiary/aromatic N) is 5. The first-order valence-electron chi connectivity index (χ1n) is 34.2. The van der Waals surface area contributed by atoms with Gasteiger partial charge in [-0.3, -0.25) is 9.59 Å². The van der Waals surface area contributed by atoms with Gasteiger partial charge in [0.25, 0.3) is 0 Å². The van der Waals surface area contributed by atoms with E-state index in [1.165, 1.54) is 18.4 Å². The molecule has 6 N–H and O–H groups in total. The molecule has 2 fully saturated rings. The Labute approximate surface area is 571 Å². The van der Waals surface area contributed by atoms with Gasteiger partial charge < -0.3 is 51.2 Å². The number of allylic oxidation sites excluding steroid dienone is 4. The summed E-state index contributed by atoms with van der Waals surface area (Å²) in [5.74, 6) is 1.11. The van der Waals surface area contributed by atoms with E-state index >= 15 is 0 Å². The first-order valence-corrected chi connectivity index (χ1v) is 34.2. The second kappa shape index (κ2) is 41.1. The van der Waals surface area contributed by atoms with Crippen molar-refractivity contribution < 1.29 is 29.4 Å². The van der Waals surface area contributed by atoms with Gasteiger partial charge in [0.05, 0.1) is 0 Å². The monoisotopic (exact) mass is 1300 g/mol. The molecule has 15 nitrogen and oxygen atoms in total. The predicted molar refractivity (Wildman–Crippen MR) is 391 cm³/mol. The van der Waals surface area contributed by atoms with Crippen LogP contribution in [0.2, 0.25) is 0 Å². The summed E-state index contributed by atoms with van der Waals surface area (Å²) < 4.78 is 0. The second-order valence-electron chi connectivity index (χ2n) is 28.9. The van der Waals surface area contributed by atoms with Crippen molar-refractivity contribution in [1.82, 2.24) is 45.8 Å². The van der Waals surface area contributed by atoms with Gasteiger partial charge in [0.15, 0.2) is 0 Å². The quantitative estimate of drug-likeness (QED) is 0.0262. The smallest absolute Gasteiger partial charge is 0.318 e. The van der Waals surface area contributed by atoms with Crippen LogP contribution in [-0.4, -0.2) is 134 Å². The summed E-state index contributed by atoms with van der Waals surface area (Å²) in [4.78, 5) is 74.1. The Morgan fingerprint density at radius 3 is 1.41 bits per heavy atom. The molecule has 15 heteroatoms. The van der Waals surface area contributed by atoms with E-state index in [9.17, 15) is 24.0 Å². The van der Waals surface area contributed by atoms with E-state index < -0.39 is 0 Å². The van der Waals surface area contributed by atoms with Crippen molar-refractivity contribution >= 4 is 29.9 Å². The van der Waals surface area contributed by atoms with Crippen LogP contribution in [0.1, 0.15) is 141 Å². The molecule has 4 atom stereocenters. The minimum atomic E-state index is -0.190. The maximum absolute atomic E-state index is 13.7. The summed E-state index contributed by atoms with van der Waals surface area (Å²) in [5, 5.41) is 12.2. The van der Waals surface area contributed by atoms with Gasteiger partial charge in [-0.05, 0) is 139 Å². The van der Waals surface area contributed by atoms with Gasteiger partial charge in [0.1, 0.15) is 0 Å². The molecule has 0 spiro atoms. The summed E-state index contributed by atoms with van der Waals surface area (Å²) >= 11 is 0. The van der Waals surface area contributed by atoms with E-state index in [1.807, 2.05) is 140 Å². The molecular weight excluding hydrogens is 1180 g/mol. The predicted octanol–water partition coefficient (Wildman–Crippen LogP) is 14.7. The van der Waals surface area contributed by atoms with Crippen LogP contribution in [0.25, 0.3) is 0 Å². The third kappa shape index (κ3) is 31.4. The van der Waals surface area contributed by atoms with Gasteiger partial charge in [0.2, 0.25) is 11.8 Å². The largest absolute Gasteiger partial charge is 0.412 e. The van der Waals surface area contributed by atoms with Crippen LogP contribution in [-0.2, 0) is 35.8 Å². The van der Waals surface area contributed by atoms with Crippen molar-refractivity contribution in [2.24, 2.45) is 33.5 Å². The van der Waals surface area contributed by atoms with Crippen molar-refractivity contribution in [2.45, 2.75) is 145 Å². The highest BCUT2D eigenvalue weighted by atomic mass is 16.2. The summed E-state index contributed by atoms with van der Waals surface area (Å²) in [5.41, 5.74) is 5.87. The first-order chi connectivity index (χ1) is 44.9. The molecule has 0 radical (unpaired) electrons. The van der Waals surface area contributed by atoms with Crippen molar-refractivity contribution in [3.63, 3.8) is 0 Å². The number of hydrogen-bond donors (Lipinski definition) is 4. The molecule has 0 bridgehead atoms. The zero-order chi connectivity index (χ0) is 68.4. The van der Waals surface area contributed by atoms with Gasteiger partial charge in [-0.1, -0.05) is 231 Å². The molecule has 518 valence electrons. The molecule has 5 aromatic rings. The summed E-state index contributed by atoms with van der Waals surface area (Å²) in [6.07, 6.45) is 15.8.